The molecule has 0 amide bonds. The SMILES string of the molecule is CCC(NC1CCC(CC)C1C)c1ccc(Cl)cc1. The third-order valence-electron chi connectivity index (χ3n) is 4.85. The second kappa shape index (κ2) is 6.76. The smallest absolute Gasteiger partial charge is 0.0406 e. The fraction of sp³-hybridized carbons (Fsp3) is 0.647. The summed E-state index contributed by atoms with van der Waals surface area (Å²) in [4.78, 5) is 0. The molecule has 1 N–H and O–H groups in total. The van der Waals surface area contributed by atoms with Gasteiger partial charge in [-0.3, -0.25) is 0 Å². The molecule has 19 heavy (non-hydrogen) atoms. The van der Waals surface area contributed by atoms with Crippen molar-refractivity contribution in [1.29, 1.82) is 0 Å². The summed E-state index contributed by atoms with van der Waals surface area (Å²) in [5, 5.41) is 4.69. The first-order valence-electron chi connectivity index (χ1n) is 7.67. The third kappa shape index (κ3) is 3.52. The monoisotopic (exact) mass is 279 g/mol. The molecule has 1 aliphatic carbocycles. The molecule has 1 fully saturated rings. The van der Waals surface area contributed by atoms with Crippen molar-refractivity contribution in [3.05, 3.63) is 34.9 Å². The van der Waals surface area contributed by atoms with Crippen LogP contribution in [-0.4, -0.2) is 6.04 Å². The fourth-order valence-electron chi connectivity index (χ4n) is 3.46. The molecule has 1 aromatic rings. The van der Waals surface area contributed by atoms with Crippen molar-refractivity contribution >= 4 is 11.6 Å². The molecule has 4 atom stereocenters. The first kappa shape index (κ1) is 14.9. The lowest BCUT2D eigenvalue weighted by Gasteiger charge is -2.27. The summed E-state index contributed by atoms with van der Waals surface area (Å²) in [7, 11) is 0. The van der Waals surface area contributed by atoms with Crippen LogP contribution >= 0.6 is 11.6 Å². The second-order valence-electron chi connectivity index (χ2n) is 5.89. The van der Waals surface area contributed by atoms with E-state index in [4.69, 9.17) is 11.6 Å². The van der Waals surface area contributed by atoms with Gasteiger partial charge in [0.05, 0.1) is 0 Å². The molecule has 1 aromatic carbocycles. The van der Waals surface area contributed by atoms with Crippen molar-refractivity contribution in [3.63, 3.8) is 0 Å². The highest BCUT2D eigenvalue weighted by molar-refractivity contribution is 6.30. The molecule has 0 bridgehead atoms. The van der Waals surface area contributed by atoms with Gasteiger partial charge in [0.25, 0.3) is 0 Å². The van der Waals surface area contributed by atoms with Crippen LogP contribution in [0.3, 0.4) is 0 Å². The maximum absolute atomic E-state index is 5.97. The van der Waals surface area contributed by atoms with Crippen LogP contribution in [0.2, 0.25) is 5.02 Å². The largest absolute Gasteiger partial charge is 0.307 e. The topological polar surface area (TPSA) is 12.0 Å². The van der Waals surface area contributed by atoms with Gasteiger partial charge in [-0.05, 0) is 48.8 Å². The van der Waals surface area contributed by atoms with Crippen molar-refractivity contribution in [2.24, 2.45) is 11.8 Å². The Bertz CT molecular complexity index is 387. The van der Waals surface area contributed by atoms with E-state index in [1.165, 1.54) is 24.8 Å². The molecule has 1 nitrogen and oxygen atoms in total. The molecule has 2 rings (SSSR count). The molecule has 1 saturated carbocycles. The van der Waals surface area contributed by atoms with Gasteiger partial charge in [0, 0.05) is 17.1 Å². The van der Waals surface area contributed by atoms with Crippen molar-refractivity contribution in [2.45, 2.75) is 58.5 Å². The average molecular weight is 280 g/mol. The normalized spacial score (nSPS) is 28.5. The molecule has 106 valence electrons. The molecule has 0 aliphatic heterocycles. The number of hydrogen-bond donors (Lipinski definition) is 1. The third-order valence-corrected chi connectivity index (χ3v) is 5.10. The number of nitrogens with one attached hydrogen (secondary N) is 1. The van der Waals surface area contributed by atoms with E-state index in [0.717, 1.165) is 23.3 Å². The molecule has 0 radical (unpaired) electrons. The fourth-order valence-corrected chi connectivity index (χ4v) is 3.59. The molecule has 1 aliphatic rings. The Labute approximate surface area is 122 Å². The number of benzene rings is 1. The minimum Gasteiger partial charge on any atom is -0.307 e. The van der Waals surface area contributed by atoms with Crippen LogP contribution in [0.1, 0.15) is 58.1 Å². The van der Waals surface area contributed by atoms with Gasteiger partial charge in [-0.1, -0.05) is 50.9 Å². The van der Waals surface area contributed by atoms with Crippen LogP contribution in [0.25, 0.3) is 0 Å². The molecule has 4 unspecified atom stereocenters. The highest BCUT2D eigenvalue weighted by Gasteiger charge is 2.32. The summed E-state index contributed by atoms with van der Waals surface area (Å²) >= 11 is 5.97. The van der Waals surface area contributed by atoms with Gasteiger partial charge >= 0.3 is 0 Å². The van der Waals surface area contributed by atoms with Gasteiger partial charge in [0.1, 0.15) is 0 Å². The van der Waals surface area contributed by atoms with Gasteiger partial charge < -0.3 is 5.32 Å². The Morgan fingerprint density at radius 2 is 1.89 bits per heavy atom. The highest BCUT2D eigenvalue weighted by Crippen LogP contribution is 2.35. The van der Waals surface area contributed by atoms with E-state index in [1.807, 2.05) is 12.1 Å². The molecule has 0 heterocycles. The van der Waals surface area contributed by atoms with Crippen LogP contribution in [0.4, 0.5) is 0 Å². The van der Waals surface area contributed by atoms with E-state index < -0.39 is 0 Å². The van der Waals surface area contributed by atoms with Gasteiger partial charge in [-0.2, -0.15) is 0 Å². The molecular formula is C17H26ClN. The van der Waals surface area contributed by atoms with Crippen molar-refractivity contribution in [1.82, 2.24) is 5.32 Å². The van der Waals surface area contributed by atoms with Crippen LogP contribution in [0, 0.1) is 11.8 Å². The van der Waals surface area contributed by atoms with E-state index >= 15 is 0 Å². The first-order valence-corrected chi connectivity index (χ1v) is 8.05. The summed E-state index contributed by atoms with van der Waals surface area (Å²) < 4.78 is 0. The first-order chi connectivity index (χ1) is 9.15. The van der Waals surface area contributed by atoms with Crippen LogP contribution in [-0.2, 0) is 0 Å². The molecule has 0 spiro atoms. The number of hydrogen-bond acceptors (Lipinski definition) is 1. The number of rotatable bonds is 5. The van der Waals surface area contributed by atoms with Gasteiger partial charge in [-0.15, -0.1) is 0 Å². The zero-order chi connectivity index (χ0) is 13.8. The number of halogens is 1. The van der Waals surface area contributed by atoms with Crippen LogP contribution < -0.4 is 5.32 Å². The minimum atomic E-state index is 0.459. The second-order valence-corrected chi connectivity index (χ2v) is 6.33. The predicted octanol–water partition coefficient (Wildman–Crippen LogP) is 5.21. The highest BCUT2D eigenvalue weighted by atomic mass is 35.5. The molecule has 0 saturated heterocycles. The average Bonchev–Trinajstić information content (AvgIpc) is 2.78. The van der Waals surface area contributed by atoms with E-state index in [1.54, 1.807) is 0 Å². The summed E-state index contributed by atoms with van der Waals surface area (Å²) in [5.41, 5.74) is 1.36. The summed E-state index contributed by atoms with van der Waals surface area (Å²) in [6, 6.07) is 9.43. The lowest BCUT2D eigenvalue weighted by molar-refractivity contribution is 0.318. The Morgan fingerprint density at radius 3 is 2.42 bits per heavy atom. The zero-order valence-electron chi connectivity index (χ0n) is 12.3. The van der Waals surface area contributed by atoms with Crippen LogP contribution in [0.15, 0.2) is 24.3 Å². The van der Waals surface area contributed by atoms with E-state index in [9.17, 15) is 0 Å². The van der Waals surface area contributed by atoms with Gasteiger partial charge in [-0.25, -0.2) is 0 Å². The lowest BCUT2D eigenvalue weighted by atomic mass is 9.92. The lowest BCUT2D eigenvalue weighted by Crippen LogP contribution is -2.35. The van der Waals surface area contributed by atoms with Gasteiger partial charge in [0.2, 0.25) is 0 Å². The summed E-state index contributed by atoms with van der Waals surface area (Å²) in [5.74, 6) is 1.70. The Kier molecular flexibility index (Phi) is 5.29. The van der Waals surface area contributed by atoms with Crippen LogP contribution in [0.5, 0.6) is 0 Å². The minimum absolute atomic E-state index is 0.459. The quantitative estimate of drug-likeness (QED) is 0.781. The Hall–Kier alpha value is -0.530. The Morgan fingerprint density at radius 1 is 1.21 bits per heavy atom. The van der Waals surface area contributed by atoms with E-state index in [-0.39, 0.29) is 0 Å². The maximum Gasteiger partial charge on any atom is 0.0406 e. The summed E-state index contributed by atoms with van der Waals surface area (Å²) in [6.45, 7) is 6.98. The van der Waals surface area contributed by atoms with E-state index in [0.29, 0.717) is 12.1 Å². The van der Waals surface area contributed by atoms with E-state index in [2.05, 4.69) is 38.2 Å². The van der Waals surface area contributed by atoms with Gasteiger partial charge in [0.15, 0.2) is 0 Å². The summed E-state index contributed by atoms with van der Waals surface area (Å²) in [6.07, 6.45) is 5.15. The standard InChI is InChI=1S/C17H26ClN/c1-4-13-8-11-17(12(13)3)19-16(5-2)14-6-9-15(18)10-7-14/h6-7,9-10,12-13,16-17,19H,4-5,8,11H2,1-3H3. The van der Waals surface area contributed by atoms with Crippen molar-refractivity contribution in [2.75, 3.05) is 0 Å². The Balaban J connectivity index is 2.01. The van der Waals surface area contributed by atoms with Crippen molar-refractivity contribution in [3.8, 4) is 0 Å². The van der Waals surface area contributed by atoms with Crippen molar-refractivity contribution < 1.29 is 0 Å². The maximum atomic E-state index is 5.97. The predicted molar refractivity (Wildman–Crippen MR) is 83.6 cm³/mol. The molecule has 0 aromatic heterocycles. The molecular weight excluding hydrogens is 254 g/mol. The molecule has 2 heteroatoms. The zero-order valence-corrected chi connectivity index (χ0v) is 13.1.